The molecule has 0 saturated heterocycles. The van der Waals surface area contributed by atoms with Crippen molar-refractivity contribution in [1.82, 2.24) is 19.7 Å². The minimum Gasteiger partial charge on any atom is -0.287 e. The SMILES string of the molecule is Cc1nccn1-c1ccc(SCc2cccc(Cl)c2)nn1. The van der Waals surface area contributed by atoms with E-state index in [4.69, 9.17) is 11.6 Å². The highest BCUT2D eigenvalue weighted by Crippen LogP contribution is 2.22. The third-order valence-corrected chi connectivity index (χ3v) is 4.20. The molecule has 0 aliphatic heterocycles. The largest absolute Gasteiger partial charge is 0.287 e. The van der Waals surface area contributed by atoms with E-state index in [-0.39, 0.29) is 0 Å². The van der Waals surface area contributed by atoms with Gasteiger partial charge in [-0.15, -0.1) is 10.2 Å². The molecule has 0 amide bonds. The minimum atomic E-state index is 0.755. The second kappa shape index (κ2) is 6.28. The van der Waals surface area contributed by atoms with Crippen molar-refractivity contribution < 1.29 is 0 Å². The zero-order chi connectivity index (χ0) is 14.7. The summed E-state index contributed by atoms with van der Waals surface area (Å²) in [4.78, 5) is 4.18. The first-order valence-electron chi connectivity index (χ1n) is 6.44. The number of thioether (sulfide) groups is 1. The van der Waals surface area contributed by atoms with Gasteiger partial charge < -0.3 is 0 Å². The molecule has 0 saturated carbocycles. The van der Waals surface area contributed by atoms with Crippen LogP contribution in [0.4, 0.5) is 0 Å². The zero-order valence-electron chi connectivity index (χ0n) is 11.4. The fourth-order valence-electron chi connectivity index (χ4n) is 1.92. The number of aryl methyl sites for hydroxylation is 1. The number of halogens is 1. The van der Waals surface area contributed by atoms with Crippen molar-refractivity contribution >= 4 is 23.4 Å². The van der Waals surface area contributed by atoms with Crippen LogP contribution in [0.5, 0.6) is 0 Å². The summed E-state index contributed by atoms with van der Waals surface area (Å²) in [5.41, 5.74) is 1.17. The van der Waals surface area contributed by atoms with Crippen molar-refractivity contribution in [3.8, 4) is 5.82 Å². The summed E-state index contributed by atoms with van der Waals surface area (Å²) < 4.78 is 1.90. The summed E-state index contributed by atoms with van der Waals surface area (Å²) in [6.45, 7) is 1.93. The zero-order valence-corrected chi connectivity index (χ0v) is 13.0. The van der Waals surface area contributed by atoms with E-state index in [0.717, 1.165) is 27.4 Å². The fraction of sp³-hybridized carbons (Fsp3) is 0.133. The Morgan fingerprint density at radius 1 is 1.19 bits per heavy atom. The van der Waals surface area contributed by atoms with Crippen LogP contribution in [0.25, 0.3) is 5.82 Å². The van der Waals surface area contributed by atoms with Crippen LogP contribution in [-0.2, 0) is 5.75 Å². The summed E-state index contributed by atoms with van der Waals surface area (Å²) in [5, 5.41) is 10.1. The normalized spacial score (nSPS) is 10.8. The highest BCUT2D eigenvalue weighted by atomic mass is 35.5. The summed E-state index contributed by atoms with van der Waals surface area (Å²) >= 11 is 7.61. The number of aromatic nitrogens is 4. The first-order valence-corrected chi connectivity index (χ1v) is 7.80. The Morgan fingerprint density at radius 2 is 2.10 bits per heavy atom. The third kappa shape index (κ3) is 3.43. The van der Waals surface area contributed by atoms with Crippen LogP contribution in [0.15, 0.2) is 53.8 Å². The van der Waals surface area contributed by atoms with Crippen LogP contribution < -0.4 is 0 Å². The Morgan fingerprint density at radius 3 is 2.76 bits per heavy atom. The van der Waals surface area contributed by atoms with Gasteiger partial charge in [-0.1, -0.05) is 35.5 Å². The van der Waals surface area contributed by atoms with E-state index in [9.17, 15) is 0 Å². The Balaban J connectivity index is 1.69. The molecule has 106 valence electrons. The Bertz CT molecular complexity index is 739. The summed E-state index contributed by atoms with van der Waals surface area (Å²) in [6, 6.07) is 11.8. The van der Waals surface area contributed by atoms with Crippen molar-refractivity contribution in [1.29, 1.82) is 0 Å². The van der Waals surface area contributed by atoms with Gasteiger partial charge in [-0.25, -0.2) is 4.98 Å². The molecule has 0 bridgehead atoms. The maximum Gasteiger partial charge on any atom is 0.160 e. The molecule has 0 atom stereocenters. The van der Waals surface area contributed by atoms with E-state index in [2.05, 4.69) is 21.2 Å². The highest BCUT2D eigenvalue weighted by molar-refractivity contribution is 7.98. The van der Waals surface area contributed by atoms with Crippen molar-refractivity contribution in [3.63, 3.8) is 0 Å². The van der Waals surface area contributed by atoms with Crippen LogP contribution in [0, 0.1) is 6.92 Å². The Kier molecular flexibility index (Phi) is 4.22. The number of imidazole rings is 1. The average molecular weight is 317 g/mol. The molecule has 0 N–H and O–H groups in total. The fourth-order valence-corrected chi connectivity index (χ4v) is 2.89. The van der Waals surface area contributed by atoms with Gasteiger partial charge in [0.25, 0.3) is 0 Å². The molecule has 2 heterocycles. The van der Waals surface area contributed by atoms with E-state index in [1.165, 1.54) is 5.56 Å². The van der Waals surface area contributed by atoms with Crippen molar-refractivity contribution in [2.75, 3.05) is 0 Å². The quantitative estimate of drug-likeness (QED) is 0.684. The number of hydrogen-bond acceptors (Lipinski definition) is 4. The van der Waals surface area contributed by atoms with Gasteiger partial charge in [0.15, 0.2) is 5.82 Å². The van der Waals surface area contributed by atoms with Crippen molar-refractivity contribution in [2.45, 2.75) is 17.7 Å². The molecule has 3 rings (SSSR count). The first-order chi connectivity index (χ1) is 10.2. The topological polar surface area (TPSA) is 43.6 Å². The lowest BCUT2D eigenvalue weighted by atomic mass is 10.2. The van der Waals surface area contributed by atoms with Crippen LogP contribution in [0.1, 0.15) is 11.4 Å². The van der Waals surface area contributed by atoms with Gasteiger partial charge in [0.1, 0.15) is 10.9 Å². The number of benzene rings is 1. The average Bonchev–Trinajstić information content (AvgIpc) is 2.92. The van der Waals surface area contributed by atoms with Gasteiger partial charge in [-0.2, -0.15) is 0 Å². The Labute approximate surface area is 132 Å². The van der Waals surface area contributed by atoms with Gasteiger partial charge in [-0.05, 0) is 36.8 Å². The lowest BCUT2D eigenvalue weighted by Gasteiger charge is -2.04. The van der Waals surface area contributed by atoms with E-state index >= 15 is 0 Å². The molecule has 2 aromatic heterocycles. The number of hydrogen-bond donors (Lipinski definition) is 0. The number of rotatable bonds is 4. The standard InChI is InChI=1S/C15H13ClN4S/c1-11-17-7-8-20(11)14-5-6-15(19-18-14)21-10-12-3-2-4-13(16)9-12/h2-9H,10H2,1H3. The molecular formula is C15H13ClN4S. The van der Waals surface area contributed by atoms with E-state index in [1.54, 1.807) is 18.0 Å². The van der Waals surface area contributed by atoms with Gasteiger partial charge in [0.2, 0.25) is 0 Å². The monoisotopic (exact) mass is 316 g/mol. The lowest BCUT2D eigenvalue weighted by Crippen LogP contribution is -2.00. The van der Waals surface area contributed by atoms with Gasteiger partial charge >= 0.3 is 0 Å². The summed E-state index contributed by atoms with van der Waals surface area (Å²) in [6.07, 6.45) is 3.62. The minimum absolute atomic E-state index is 0.755. The van der Waals surface area contributed by atoms with Crippen LogP contribution >= 0.6 is 23.4 Å². The molecule has 1 aromatic carbocycles. The summed E-state index contributed by atoms with van der Waals surface area (Å²) in [7, 11) is 0. The second-order valence-corrected chi connectivity index (χ2v) is 5.92. The van der Waals surface area contributed by atoms with Gasteiger partial charge in [-0.3, -0.25) is 4.57 Å². The van der Waals surface area contributed by atoms with Gasteiger partial charge in [0.05, 0.1) is 0 Å². The molecule has 0 fully saturated rings. The molecule has 21 heavy (non-hydrogen) atoms. The molecule has 0 spiro atoms. The molecular weight excluding hydrogens is 304 g/mol. The lowest BCUT2D eigenvalue weighted by molar-refractivity contribution is 0.841. The van der Waals surface area contributed by atoms with Crippen molar-refractivity contribution in [3.05, 3.63) is 65.2 Å². The predicted octanol–water partition coefficient (Wildman–Crippen LogP) is 3.92. The molecule has 0 aliphatic carbocycles. The first kappa shape index (κ1) is 14.1. The highest BCUT2D eigenvalue weighted by Gasteiger charge is 2.04. The Hall–Kier alpha value is -1.85. The maximum atomic E-state index is 5.97. The number of nitrogens with zero attached hydrogens (tertiary/aromatic N) is 4. The molecule has 0 unspecified atom stereocenters. The molecule has 0 radical (unpaired) electrons. The third-order valence-electron chi connectivity index (χ3n) is 2.97. The van der Waals surface area contributed by atoms with Crippen LogP contribution in [0.2, 0.25) is 5.02 Å². The molecule has 3 aromatic rings. The van der Waals surface area contributed by atoms with E-state index in [0.29, 0.717) is 0 Å². The molecule has 6 heteroatoms. The van der Waals surface area contributed by atoms with E-state index < -0.39 is 0 Å². The van der Waals surface area contributed by atoms with Crippen LogP contribution in [0.3, 0.4) is 0 Å². The summed E-state index contributed by atoms with van der Waals surface area (Å²) in [5.74, 6) is 2.49. The van der Waals surface area contributed by atoms with E-state index in [1.807, 2.05) is 48.0 Å². The van der Waals surface area contributed by atoms with Crippen LogP contribution in [-0.4, -0.2) is 19.7 Å². The maximum absolute atomic E-state index is 5.97. The second-order valence-electron chi connectivity index (χ2n) is 4.49. The molecule has 0 aliphatic rings. The van der Waals surface area contributed by atoms with Gasteiger partial charge in [0, 0.05) is 23.2 Å². The smallest absolute Gasteiger partial charge is 0.160 e. The van der Waals surface area contributed by atoms with Crippen molar-refractivity contribution in [2.24, 2.45) is 0 Å². The molecule has 4 nitrogen and oxygen atoms in total. The predicted molar refractivity (Wildman–Crippen MR) is 84.9 cm³/mol.